The normalized spacial score (nSPS) is 10.5. The van der Waals surface area contributed by atoms with Gasteiger partial charge in [0.25, 0.3) is 6.01 Å². The van der Waals surface area contributed by atoms with Crippen molar-refractivity contribution in [2.24, 2.45) is 0 Å². The Kier molecular flexibility index (Phi) is 2.60. The monoisotopic (exact) mass is 255 g/mol. The van der Waals surface area contributed by atoms with Gasteiger partial charge in [-0.2, -0.15) is 4.98 Å². The number of hydrogen-bond acceptors (Lipinski definition) is 5. The summed E-state index contributed by atoms with van der Waals surface area (Å²) in [4.78, 5) is 19.1. The first-order chi connectivity index (χ1) is 9.24. The van der Waals surface area contributed by atoms with E-state index in [0.29, 0.717) is 11.1 Å². The molecule has 0 amide bonds. The average molecular weight is 255 g/mol. The van der Waals surface area contributed by atoms with Gasteiger partial charge in [-0.1, -0.05) is 6.07 Å². The third kappa shape index (κ3) is 2.11. The Bertz CT molecular complexity index is 737. The molecule has 2 heterocycles. The summed E-state index contributed by atoms with van der Waals surface area (Å²) in [6.45, 7) is 0. The summed E-state index contributed by atoms with van der Waals surface area (Å²) in [7, 11) is 0. The van der Waals surface area contributed by atoms with Crippen LogP contribution < -0.4 is 5.32 Å². The van der Waals surface area contributed by atoms with E-state index in [1.807, 2.05) is 0 Å². The molecule has 1 aromatic carbocycles. The molecule has 94 valence electrons. The molecule has 6 heteroatoms. The van der Waals surface area contributed by atoms with Crippen molar-refractivity contribution in [3.05, 3.63) is 48.3 Å². The summed E-state index contributed by atoms with van der Waals surface area (Å²) >= 11 is 0. The number of pyridine rings is 1. The molecule has 6 nitrogen and oxygen atoms in total. The van der Waals surface area contributed by atoms with Crippen LogP contribution in [0.4, 0.5) is 11.7 Å². The van der Waals surface area contributed by atoms with Gasteiger partial charge >= 0.3 is 5.97 Å². The van der Waals surface area contributed by atoms with Crippen LogP contribution in [0.15, 0.2) is 47.1 Å². The van der Waals surface area contributed by atoms with E-state index in [1.165, 1.54) is 6.07 Å². The molecule has 0 aliphatic carbocycles. The van der Waals surface area contributed by atoms with E-state index in [2.05, 4.69) is 15.3 Å². The van der Waals surface area contributed by atoms with Crippen molar-refractivity contribution in [3.8, 4) is 0 Å². The maximum Gasteiger partial charge on any atom is 0.338 e. The topological polar surface area (TPSA) is 88.2 Å². The van der Waals surface area contributed by atoms with Gasteiger partial charge < -0.3 is 14.8 Å². The minimum atomic E-state index is -1.03. The lowest BCUT2D eigenvalue weighted by Crippen LogP contribution is -1.97. The van der Waals surface area contributed by atoms with Crippen molar-refractivity contribution in [1.82, 2.24) is 9.97 Å². The van der Waals surface area contributed by atoms with Gasteiger partial charge in [-0.25, -0.2) is 4.79 Å². The van der Waals surface area contributed by atoms with Gasteiger partial charge in [-0.15, -0.1) is 0 Å². The fraction of sp³-hybridized carbons (Fsp3) is 0. The first-order valence-corrected chi connectivity index (χ1v) is 5.54. The molecular weight excluding hydrogens is 246 g/mol. The van der Waals surface area contributed by atoms with Crippen molar-refractivity contribution in [2.45, 2.75) is 0 Å². The zero-order valence-electron chi connectivity index (χ0n) is 9.70. The number of aromatic nitrogens is 2. The third-order valence-electron chi connectivity index (χ3n) is 2.58. The maximum atomic E-state index is 11.1. The molecule has 0 saturated carbocycles. The molecule has 0 aliphatic heterocycles. The number of aromatic carboxylic acids is 1. The number of benzene rings is 1. The standard InChI is InChI=1S/C13H9N3O3/c17-12(18)9-2-1-3-10-11(9)16-13(19-10)15-8-4-6-14-7-5-8/h1-7H,(H,17,18)(H,14,15,16). The molecule has 3 aromatic rings. The summed E-state index contributed by atoms with van der Waals surface area (Å²) in [5, 5.41) is 12.0. The SMILES string of the molecule is O=C(O)c1cccc2oc(Nc3ccncc3)nc12. The number of fused-ring (bicyclic) bond motifs is 1. The highest BCUT2D eigenvalue weighted by atomic mass is 16.4. The number of anilines is 2. The van der Waals surface area contributed by atoms with Crippen LogP contribution in [-0.4, -0.2) is 21.0 Å². The first kappa shape index (κ1) is 11.2. The Hall–Kier alpha value is -2.89. The second-order valence-electron chi connectivity index (χ2n) is 3.84. The van der Waals surface area contributed by atoms with E-state index in [9.17, 15) is 4.79 Å². The third-order valence-corrected chi connectivity index (χ3v) is 2.58. The maximum absolute atomic E-state index is 11.1. The van der Waals surface area contributed by atoms with Crippen LogP contribution in [-0.2, 0) is 0 Å². The summed E-state index contributed by atoms with van der Waals surface area (Å²) in [5.41, 5.74) is 1.63. The molecule has 0 fully saturated rings. The Morgan fingerprint density at radius 1 is 1.21 bits per heavy atom. The van der Waals surface area contributed by atoms with Gasteiger partial charge in [0.05, 0.1) is 5.56 Å². The number of nitrogens with zero attached hydrogens (tertiary/aromatic N) is 2. The van der Waals surface area contributed by atoms with Gasteiger partial charge in [0.1, 0.15) is 5.52 Å². The van der Waals surface area contributed by atoms with E-state index >= 15 is 0 Å². The fourth-order valence-electron chi connectivity index (χ4n) is 1.73. The Balaban J connectivity index is 2.03. The Morgan fingerprint density at radius 2 is 2.00 bits per heavy atom. The number of carboxylic acid groups (broad SMARTS) is 1. The van der Waals surface area contributed by atoms with E-state index in [1.54, 1.807) is 36.7 Å². The van der Waals surface area contributed by atoms with Crippen LogP contribution >= 0.6 is 0 Å². The van der Waals surface area contributed by atoms with Gasteiger partial charge in [0.2, 0.25) is 0 Å². The van der Waals surface area contributed by atoms with E-state index < -0.39 is 5.97 Å². The van der Waals surface area contributed by atoms with Crippen LogP contribution in [0, 0.1) is 0 Å². The molecule has 2 N–H and O–H groups in total. The highest BCUT2D eigenvalue weighted by Gasteiger charge is 2.14. The molecule has 0 unspecified atom stereocenters. The quantitative estimate of drug-likeness (QED) is 0.748. The largest absolute Gasteiger partial charge is 0.478 e. The lowest BCUT2D eigenvalue weighted by molar-refractivity contribution is 0.0699. The fourth-order valence-corrected chi connectivity index (χ4v) is 1.73. The minimum Gasteiger partial charge on any atom is -0.478 e. The molecule has 0 spiro atoms. The second-order valence-corrected chi connectivity index (χ2v) is 3.84. The van der Waals surface area contributed by atoms with E-state index in [4.69, 9.17) is 9.52 Å². The molecular formula is C13H9N3O3. The van der Waals surface area contributed by atoms with Crippen LogP contribution in [0.25, 0.3) is 11.1 Å². The molecule has 0 saturated heterocycles. The van der Waals surface area contributed by atoms with Crippen molar-refractivity contribution >= 4 is 28.8 Å². The number of hydrogen-bond donors (Lipinski definition) is 2. The molecule has 0 atom stereocenters. The smallest absolute Gasteiger partial charge is 0.338 e. The van der Waals surface area contributed by atoms with Crippen molar-refractivity contribution in [2.75, 3.05) is 5.32 Å². The van der Waals surface area contributed by atoms with Crippen LogP contribution in [0.5, 0.6) is 0 Å². The van der Waals surface area contributed by atoms with E-state index in [0.717, 1.165) is 5.69 Å². The zero-order valence-corrected chi connectivity index (χ0v) is 9.70. The van der Waals surface area contributed by atoms with Crippen molar-refractivity contribution in [1.29, 1.82) is 0 Å². The average Bonchev–Trinajstić information content (AvgIpc) is 2.81. The second kappa shape index (κ2) is 4.41. The van der Waals surface area contributed by atoms with E-state index in [-0.39, 0.29) is 11.6 Å². The van der Waals surface area contributed by atoms with Crippen molar-refractivity contribution in [3.63, 3.8) is 0 Å². The molecule has 3 rings (SSSR count). The number of para-hydroxylation sites is 1. The summed E-state index contributed by atoms with van der Waals surface area (Å²) in [6.07, 6.45) is 3.27. The Labute approximate surface area is 107 Å². The van der Waals surface area contributed by atoms with Gasteiger partial charge in [0.15, 0.2) is 5.58 Å². The molecule has 2 aromatic heterocycles. The molecule has 0 radical (unpaired) electrons. The zero-order chi connectivity index (χ0) is 13.2. The number of rotatable bonds is 3. The van der Waals surface area contributed by atoms with Crippen LogP contribution in [0.2, 0.25) is 0 Å². The summed E-state index contributed by atoms with van der Waals surface area (Å²) in [6, 6.07) is 8.54. The number of oxazole rings is 1. The van der Waals surface area contributed by atoms with Gasteiger partial charge in [0, 0.05) is 18.1 Å². The predicted octanol–water partition coefficient (Wildman–Crippen LogP) is 2.66. The molecule has 0 aliphatic rings. The van der Waals surface area contributed by atoms with Gasteiger partial charge in [-0.05, 0) is 24.3 Å². The predicted molar refractivity (Wildman–Crippen MR) is 68.5 cm³/mol. The highest BCUT2D eigenvalue weighted by Crippen LogP contribution is 2.24. The van der Waals surface area contributed by atoms with Crippen LogP contribution in [0.1, 0.15) is 10.4 Å². The first-order valence-electron chi connectivity index (χ1n) is 5.54. The number of carboxylic acids is 1. The Morgan fingerprint density at radius 3 is 2.74 bits per heavy atom. The van der Waals surface area contributed by atoms with Crippen molar-refractivity contribution < 1.29 is 14.3 Å². The van der Waals surface area contributed by atoms with Crippen LogP contribution in [0.3, 0.4) is 0 Å². The minimum absolute atomic E-state index is 0.115. The highest BCUT2D eigenvalue weighted by molar-refractivity contribution is 6.00. The number of carbonyl (C=O) groups is 1. The lowest BCUT2D eigenvalue weighted by Gasteiger charge is -1.98. The summed E-state index contributed by atoms with van der Waals surface area (Å²) in [5.74, 6) is -1.03. The summed E-state index contributed by atoms with van der Waals surface area (Å²) < 4.78 is 5.46. The molecule has 0 bridgehead atoms. The lowest BCUT2D eigenvalue weighted by atomic mass is 10.2. The van der Waals surface area contributed by atoms with Gasteiger partial charge in [-0.3, -0.25) is 4.98 Å². The molecule has 19 heavy (non-hydrogen) atoms. The number of nitrogens with one attached hydrogen (secondary N) is 1.